The van der Waals surface area contributed by atoms with Crippen molar-refractivity contribution in [1.82, 2.24) is 10.3 Å². The number of carbonyl (C=O) groups is 1. The molecule has 1 aliphatic carbocycles. The number of amides is 1. The van der Waals surface area contributed by atoms with Gasteiger partial charge in [-0.15, -0.1) is 0 Å². The lowest BCUT2D eigenvalue weighted by atomic mass is 10.2. The fourth-order valence-corrected chi connectivity index (χ4v) is 1.91. The van der Waals surface area contributed by atoms with Crippen molar-refractivity contribution in [2.24, 2.45) is 5.92 Å². The molecular weight excluding hydrogens is 252 g/mol. The fourth-order valence-electron chi connectivity index (χ4n) is 1.91. The van der Waals surface area contributed by atoms with Crippen LogP contribution in [0.25, 0.3) is 0 Å². The molecule has 0 atom stereocenters. The zero-order valence-corrected chi connectivity index (χ0v) is 11.6. The Morgan fingerprint density at radius 3 is 2.95 bits per heavy atom. The van der Waals surface area contributed by atoms with Crippen molar-refractivity contribution in [3.8, 4) is 11.8 Å². The maximum absolute atomic E-state index is 11.8. The van der Waals surface area contributed by atoms with Crippen LogP contribution in [0.4, 0.5) is 0 Å². The molecule has 0 radical (unpaired) electrons. The lowest BCUT2D eigenvalue weighted by Gasteiger charge is -2.04. The van der Waals surface area contributed by atoms with Gasteiger partial charge in [0.1, 0.15) is 5.69 Å². The van der Waals surface area contributed by atoms with Crippen molar-refractivity contribution in [3.63, 3.8) is 0 Å². The molecule has 0 unspecified atom stereocenters. The second kappa shape index (κ2) is 7.66. The largest absolute Gasteiger partial charge is 0.395 e. The molecule has 1 amide bonds. The molecule has 0 aliphatic heterocycles. The standard InChI is InChI=1S/C16H20N2O2/c19-11-2-1-4-14-8-9-15(18-12-14)16(20)17-10-3-5-13-6-7-13/h8-9,12-13,19H,2-3,5-7,10-11H2,(H,17,20). The second-order valence-corrected chi connectivity index (χ2v) is 5.05. The van der Waals surface area contributed by atoms with Crippen molar-refractivity contribution < 1.29 is 9.90 Å². The Balaban J connectivity index is 1.76. The quantitative estimate of drug-likeness (QED) is 0.612. The number of pyridine rings is 1. The highest BCUT2D eigenvalue weighted by Gasteiger charge is 2.20. The molecule has 0 bridgehead atoms. The zero-order chi connectivity index (χ0) is 14.2. The first-order chi connectivity index (χ1) is 9.79. The van der Waals surface area contributed by atoms with E-state index in [2.05, 4.69) is 22.1 Å². The van der Waals surface area contributed by atoms with Crippen LogP contribution >= 0.6 is 0 Å². The summed E-state index contributed by atoms with van der Waals surface area (Å²) in [5.74, 6) is 6.47. The fraction of sp³-hybridized carbons (Fsp3) is 0.500. The minimum absolute atomic E-state index is 0.0573. The number of rotatable bonds is 6. The van der Waals surface area contributed by atoms with Crippen LogP contribution < -0.4 is 5.32 Å². The zero-order valence-electron chi connectivity index (χ0n) is 11.6. The van der Waals surface area contributed by atoms with Gasteiger partial charge in [0.15, 0.2) is 0 Å². The van der Waals surface area contributed by atoms with E-state index < -0.39 is 0 Å². The SMILES string of the molecule is O=C(NCCCC1CC1)c1ccc(C#CCCO)cn1. The van der Waals surface area contributed by atoms with Crippen molar-refractivity contribution in [2.45, 2.75) is 32.1 Å². The van der Waals surface area contributed by atoms with E-state index in [0.717, 1.165) is 24.4 Å². The highest BCUT2D eigenvalue weighted by molar-refractivity contribution is 5.92. The van der Waals surface area contributed by atoms with Gasteiger partial charge in [0.2, 0.25) is 0 Å². The van der Waals surface area contributed by atoms with Gasteiger partial charge >= 0.3 is 0 Å². The molecule has 2 N–H and O–H groups in total. The Kier molecular flexibility index (Phi) is 5.57. The third-order valence-corrected chi connectivity index (χ3v) is 3.24. The second-order valence-electron chi connectivity index (χ2n) is 5.05. The monoisotopic (exact) mass is 272 g/mol. The minimum Gasteiger partial charge on any atom is -0.395 e. The molecule has 4 heteroatoms. The molecule has 1 aromatic rings. The Bertz CT molecular complexity index is 495. The number of aromatic nitrogens is 1. The summed E-state index contributed by atoms with van der Waals surface area (Å²) in [5.41, 5.74) is 1.17. The maximum atomic E-state index is 11.8. The molecule has 0 aromatic carbocycles. The Morgan fingerprint density at radius 1 is 1.45 bits per heavy atom. The average Bonchev–Trinajstić information content (AvgIpc) is 3.28. The highest BCUT2D eigenvalue weighted by Crippen LogP contribution is 2.33. The highest BCUT2D eigenvalue weighted by atomic mass is 16.2. The Labute approximate surface area is 119 Å². The first kappa shape index (κ1) is 14.5. The lowest BCUT2D eigenvalue weighted by Crippen LogP contribution is -2.25. The number of aliphatic hydroxyl groups excluding tert-OH is 1. The molecule has 1 aliphatic rings. The molecule has 4 nitrogen and oxygen atoms in total. The third kappa shape index (κ3) is 5.02. The van der Waals surface area contributed by atoms with Gasteiger partial charge in [-0.3, -0.25) is 4.79 Å². The van der Waals surface area contributed by atoms with E-state index in [9.17, 15) is 4.79 Å². The van der Waals surface area contributed by atoms with E-state index >= 15 is 0 Å². The van der Waals surface area contributed by atoms with Gasteiger partial charge in [-0.1, -0.05) is 24.7 Å². The summed E-state index contributed by atoms with van der Waals surface area (Å²) >= 11 is 0. The van der Waals surface area contributed by atoms with Crippen LogP contribution in [0.3, 0.4) is 0 Å². The Morgan fingerprint density at radius 2 is 2.30 bits per heavy atom. The molecule has 1 fully saturated rings. The van der Waals surface area contributed by atoms with Gasteiger partial charge in [-0.2, -0.15) is 0 Å². The van der Waals surface area contributed by atoms with E-state index in [-0.39, 0.29) is 12.5 Å². The van der Waals surface area contributed by atoms with Gasteiger partial charge in [-0.25, -0.2) is 4.98 Å². The van der Waals surface area contributed by atoms with E-state index in [1.807, 2.05) is 0 Å². The summed E-state index contributed by atoms with van der Waals surface area (Å²) in [5, 5.41) is 11.5. The summed E-state index contributed by atoms with van der Waals surface area (Å²) in [6, 6.07) is 3.45. The molecule has 2 rings (SSSR count). The van der Waals surface area contributed by atoms with Gasteiger partial charge in [0, 0.05) is 24.7 Å². The van der Waals surface area contributed by atoms with Crippen LogP contribution in [0.1, 0.15) is 48.2 Å². The topological polar surface area (TPSA) is 62.2 Å². The third-order valence-electron chi connectivity index (χ3n) is 3.24. The Hall–Kier alpha value is -1.86. The van der Waals surface area contributed by atoms with Crippen LogP contribution in [0.2, 0.25) is 0 Å². The van der Waals surface area contributed by atoms with Crippen LogP contribution in [0.15, 0.2) is 18.3 Å². The normalized spacial score (nSPS) is 13.4. The summed E-state index contributed by atoms with van der Waals surface area (Å²) in [4.78, 5) is 15.9. The average molecular weight is 272 g/mol. The number of nitrogens with zero attached hydrogens (tertiary/aromatic N) is 1. The van der Waals surface area contributed by atoms with Crippen LogP contribution in [0, 0.1) is 17.8 Å². The van der Waals surface area contributed by atoms with Crippen molar-refractivity contribution in [1.29, 1.82) is 0 Å². The summed E-state index contributed by atoms with van der Waals surface area (Å²) in [7, 11) is 0. The van der Waals surface area contributed by atoms with Gasteiger partial charge in [0.25, 0.3) is 5.91 Å². The van der Waals surface area contributed by atoms with E-state index in [1.54, 1.807) is 18.3 Å². The molecule has 1 aromatic heterocycles. The molecule has 0 saturated heterocycles. The van der Waals surface area contributed by atoms with Gasteiger partial charge in [-0.05, 0) is 30.9 Å². The van der Waals surface area contributed by atoms with E-state index in [1.165, 1.54) is 19.3 Å². The van der Waals surface area contributed by atoms with E-state index in [0.29, 0.717) is 12.1 Å². The number of hydrogen-bond acceptors (Lipinski definition) is 3. The molecule has 20 heavy (non-hydrogen) atoms. The molecule has 1 saturated carbocycles. The van der Waals surface area contributed by atoms with Gasteiger partial charge < -0.3 is 10.4 Å². The molecular formula is C16H20N2O2. The van der Waals surface area contributed by atoms with Crippen LogP contribution in [-0.4, -0.2) is 29.1 Å². The van der Waals surface area contributed by atoms with E-state index in [4.69, 9.17) is 5.11 Å². The molecule has 0 spiro atoms. The smallest absolute Gasteiger partial charge is 0.269 e. The summed E-state index contributed by atoms with van der Waals surface area (Å²) in [6.45, 7) is 0.775. The predicted molar refractivity (Wildman–Crippen MR) is 77.1 cm³/mol. The van der Waals surface area contributed by atoms with Crippen LogP contribution in [-0.2, 0) is 0 Å². The van der Waals surface area contributed by atoms with Crippen molar-refractivity contribution in [2.75, 3.05) is 13.2 Å². The first-order valence-corrected chi connectivity index (χ1v) is 7.13. The number of nitrogens with one attached hydrogen (secondary N) is 1. The predicted octanol–water partition coefficient (Wildman–Crippen LogP) is 1.74. The van der Waals surface area contributed by atoms with Gasteiger partial charge in [0.05, 0.1) is 6.61 Å². The first-order valence-electron chi connectivity index (χ1n) is 7.13. The summed E-state index contributed by atoms with van der Waals surface area (Å²) < 4.78 is 0. The van der Waals surface area contributed by atoms with Crippen molar-refractivity contribution in [3.05, 3.63) is 29.6 Å². The van der Waals surface area contributed by atoms with Crippen molar-refractivity contribution >= 4 is 5.91 Å². The number of carbonyl (C=O) groups excluding carboxylic acids is 1. The molecule has 106 valence electrons. The molecule has 1 heterocycles. The number of aliphatic hydroxyl groups is 1. The summed E-state index contributed by atoms with van der Waals surface area (Å²) in [6.07, 6.45) is 7.00. The van der Waals surface area contributed by atoms with Crippen LogP contribution in [0.5, 0.6) is 0 Å². The number of hydrogen-bond donors (Lipinski definition) is 2. The minimum atomic E-state index is -0.129. The lowest BCUT2D eigenvalue weighted by molar-refractivity contribution is 0.0948. The maximum Gasteiger partial charge on any atom is 0.269 e.